The molecule has 17 heavy (non-hydrogen) atoms. The van der Waals surface area contributed by atoms with E-state index < -0.39 is 0 Å². The van der Waals surface area contributed by atoms with Gasteiger partial charge >= 0.3 is 0 Å². The fourth-order valence-electron chi connectivity index (χ4n) is 1.27. The second-order valence-electron chi connectivity index (χ2n) is 3.26. The third-order valence-electron chi connectivity index (χ3n) is 1.99. The van der Waals surface area contributed by atoms with Crippen molar-refractivity contribution in [1.29, 1.82) is 0 Å². The van der Waals surface area contributed by atoms with E-state index in [9.17, 15) is 0 Å². The molecule has 0 unspecified atom stereocenters. The molecule has 2 heterocycles. The van der Waals surface area contributed by atoms with Crippen LogP contribution >= 0.6 is 46.1 Å². The first-order valence-electron chi connectivity index (χ1n) is 4.57. The molecule has 4 nitrogen and oxygen atoms in total. The van der Waals surface area contributed by atoms with E-state index >= 15 is 0 Å². The van der Waals surface area contributed by atoms with Gasteiger partial charge in [-0.15, -0.1) is 21.5 Å². The fraction of sp³-hybridized carbons (Fsp3) is 0.222. The lowest BCUT2D eigenvalue weighted by Gasteiger charge is -2.17. The Morgan fingerprint density at radius 1 is 1.24 bits per heavy atom. The molecule has 0 atom stereocenters. The zero-order chi connectivity index (χ0) is 12.4. The van der Waals surface area contributed by atoms with Crippen LogP contribution in [0.4, 0.5) is 5.82 Å². The Kier molecular flexibility index (Phi) is 4.04. The van der Waals surface area contributed by atoms with Crippen molar-refractivity contribution in [3.8, 4) is 0 Å². The van der Waals surface area contributed by atoms with Gasteiger partial charge in [-0.05, 0) is 23.7 Å². The smallest absolute Gasteiger partial charge is 0.245 e. The van der Waals surface area contributed by atoms with E-state index in [0.29, 0.717) is 12.4 Å². The Balaban J connectivity index is 2.19. The molecule has 0 amide bonds. The number of halogens is 3. The van der Waals surface area contributed by atoms with Crippen molar-refractivity contribution in [2.24, 2.45) is 0 Å². The Bertz CT molecular complexity index is 531. The van der Waals surface area contributed by atoms with Gasteiger partial charge in [0.1, 0.15) is 0 Å². The first-order valence-corrected chi connectivity index (χ1v) is 6.52. The second kappa shape index (κ2) is 5.35. The predicted octanol–water partition coefficient (Wildman–Crippen LogP) is 3.53. The molecule has 0 fully saturated rings. The van der Waals surface area contributed by atoms with Crippen molar-refractivity contribution in [2.75, 3.05) is 11.9 Å². The highest BCUT2D eigenvalue weighted by Crippen LogP contribution is 2.26. The normalized spacial score (nSPS) is 10.6. The first-order chi connectivity index (χ1) is 8.06. The summed E-state index contributed by atoms with van der Waals surface area (Å²) in [5, 5.41) is 7.56. The minimum absolute atomic E-state index is 0.0699. The van der Waals surface area contributed by atoms with Gasteiger partial charge in [0.25, 0.3) is 0 Å². The molecule has 8 heteroatoms. The van der Waals surface area contributed by atoms with E-state index in [4.69, 9.17) is 34.8 Å². The fourth-order valence-corrected chi connectivity index (χ4v) is 2.76. The van der Waals surface area contributed by atoms with Gasteiger partial charge in [-0.25, -0.2) is 0 Å². The molecule has 0 saturated heterocycles. The molecule has 0 aliphatic rings. The van der Waals surface area contributed by atoms with Gasteiger partial charge in [0.2, 0.25) is 5.28 Å². The van der Waals surface area contributed by atoms with Crippen LogP contribution in [0.5, 0.6) is 0 Å². The van der Waals surface area contributed by atoms with Gasteiger partial charge in [-0.3, -0.25) is 0 Å². The summed E-state index contributed by atoms with van der Waals surface area (Å²) in [7, 11) is 1.85. The standard InChI is InChI=1S/C9H7Cl3N4S/c1-16(4-5-2-3-6(10)17-5)8-7(11)14-15-9(12)13-8/h2-3H,4H2,1H3. The number of hydrogen-bond donors (Lipinski definition) is 0. The third-order valence-corrected chi connectivity index (χ3v) is 3.61. The van der Waals surface area contributed by atoms with Crippen LogP contribution in [-0.4, -0.2) is 22.2 Å². The summed E-state index contributed by atoms with van der Waals surface area (Å²) in [6, 6.07) is 3.80. The average molecular weight is 310 g/mol. The molecule has 0 aliphatic heterocycles. The van der Waals surface area contributed by atoms with Gasteiger partial charge < -0.3 is 4.90 Å². The van der Waals surface area contributed by atoms with E-state index in [1.54, 1.807) is 0 Å². The zero-order valence-corrected chi connectivity index (χ0v) is 11.8. The summed E-state index contributed by atoms with van der Waals surface area (Å²) >= 11 is 18.9. The molecule has 0 bridgehead atoms. The van der Waals surface area contributed by atoms with Crippen LogP contribution in [0.1, 0.15) is 4.88 Å². The van der Waals surface area contributed by atoms with Gasteiger partial charge in [-0.1, -0.05) is 23.2 Å². The Morgan fingerprint density at radius 3 is 2.65 bits per heavy atom. The molecular formula is C9H7Cl3N4S. The lowest BCUT2D eigenvalue weighted by Crippen LogP contribution is -2.18. The number of anilines is 1. The van der Waals surface area contributed by atoms with Crippen LogP contribution in [0, 0.1) is 0 Å². The maximum atomic E-state index is 5.90. The second-order valence-corrected chi connectivity index (χ2v) is 5.75. The van der Waals surface area contributed by atoms with Gasteiger partial charge in [0, 0.05) is 11.9 Å². The van der Waals surface area contributed by atoms with Crippen LogP contribution in [-0.2, 0) is 6.54 Å². The minimum Gasteiger partial charge on any atom is -0.352 e. The van der Waals surface area contributed by atoms with E-state index in [-0.39, 0.29) is 10.4 Å². The van der Waals surface area contributed by atoms with E-state index in [2.05, 4.69) is 15.2 Å². The van der Waals surface area contributed by atoms with Gasteiger partial charge in [0.05, 0.1) is 10.9 Å². The summed E-state index contributed by atoms with van der Waals surface area (Å²) in [5.74, 6) is 0.496. The van der Waals surface area contributed by atoms with Gasteiger partial charge in [0.15, 0.2) is 11.0 Å². The first kappa shape index (κ1) is 12.8. The number of nitrogens with zero attached hydrogens (tertiary/aromatic N) is 4. The highest BCUT2D eigenvalue weighted by Gasteiger charge is 2.12. The van der Waals surface area contributed by atoms with Crippen molar-refractivity contribution in [1.82, 2.24) is 15.2 Å². The third kappa shape index (κ3) is 3.19. The molecule has 0 spiro atoms. The van der Waals surface area contributed by atoms with Crippen LogP contribution in [0.15, 0.2) is 12.1 Å². The largest absolute Gasteiger partial charge is 0.352 e. The maximum absolute atomic E-state index is 5.90. The summed E-state index contributed by atoms with van der Waals surface area (Å²) in [5.41, 5.74) is 0. The van der Waals surface area contributed by atoms with Crippen molar-refractivity contribution < 1.29 is 0 Å². The lowest BCUT2D eigenvalue weighted by molar-refractivity contribution is 0.871. The van der Waals surface area contributed by atoms with Crippen LogP contribution in [0.25, 0.3) is 0 Å². The predicted molar refractivity (Wildman–Crippen MR) is 71.3 cm³/mol. The number of aromatic nitrogens is 3. The average Bonchev–Trinajstić information content (AvgIpc) is 2.67. The molecule has 2 rings (SSSR count). The number of rotatable bonds is 3. The molecule has 0 aliphatic carbocycles. The zero-order valence-electron chi connectivity index (χ0n) is 8.69. The number of thiophene rings is 1. The van der Waals surface area contributed by atoms with Crippen LogP contribution in [0.3, 0.4) is 0 Å². The summed E-state index contributed by atoms with van der Waals surface area (Å²) < 4.78 is 0.748. The molecule has 0 radical (unpaired) electrons. The molecule has 90 valence electrons. The van der Waals surface area contributed by atoms with E-state index in [1.807, 2.05) is 24.1 Å². The summed E-state index contributed by atoms with van der Waals surface area (Å²) in [6.07, 6.45) is 0. The van der Waals surface area contributed by atoms with Crippen molar-refractivity contribution in [3.05, 3.63) is 31.8 Å². The molecular weight excluding hydrogens is 303 g/mol. The summed E-state index contributed by atoms with van der Waals surface area (Å²) in [6.45, 7) is 0.631. The minimum atomic E-state index is 0.0699. The highest BCUT2D eigenvalue weighted by atomic mass is 35.5. The monoisotopic (exact) mass is 308 g/mol. The topological polar surface area (TPSA) is 41.9 Å². The maximum Gasteiger partial charge on any atom is 0.245 e. The molecule has 0 aromatic carbocycles. The van der Waals surface area contributed by atoms with Crippen LogP contribution < -0.4 is 4.90 Å². The van der Waals surface area contributed by atoms with Crippen molar-refractivity contribution in [2.45, 2.75) is 6.54 Å². The summed E-state index contributed by atoms with van der Waals surface area (Å²) in [4.78, 5) is 6.97. The van der Waals surface area contributed by atoms with Crippen molar-refractivity contribution >= 4 is 52.0 Å². The Morgan fingerprint density at radius 2 is 2.00 bits per heavy atom. The molecule has 0 N–H and O–H groups in total. The molecule has 2 aromatic heterocycles. The Hall–Kier alpha value is -0.620. The van der Waals surface area contributed by atoms with Crippen molar-refractivity contribution in [3.63, 3.8) is 0 Å². The SMILES string of the molecule is CN(Cc1ccc(Cl)s1)c1nc(Cl)nnc1Cl. The van der Waals surface area contributed by atoms with E-state index in [0.717, 1.165) is 9.21 Å². The molecule has 2 aromatic rings. The number of hydrogen-bond acceptors (Lipinski definition) is 5. The lowest BCUT2D eigenvalue weighted by atomic mass is 10.4. The molecule has 0 saturated carbocycles. The van der Waals surface area contributed by atoms with E-state index in [1.165, 1.54) is 11.3 Å². The highest BCUT2D eigenvalue weighted by molar-refractivity contribution is 7.16. The Labute approximate surface area is 117 Å². The quantitative estimate of drug-likeness (QED) is 0.870. The van der Waals surface area contributed by atoms with Gasteiger partial charge in [-0.2, -0.15) is 4.98 Å². The van der Waals surface area contributed by atoms with Crippen LogP contribution in [0.2, 0.25) is 14.8 Å².